The number of hydrogen-bond acceptors (Lipinski definition) is 3. The first-order valence-electron chi connectivity index (χ1n) is 6.96. The molecule has 2 N–H and O–H groups in total. The number of nitrogens with two attached hydrogens (primary N) is 1. The fourth-order valence-electron chi connectivity index (χ4n) is 2.62. The van der Waals surface area contributed by atoms with Gasteiger partial charge in [-0.05, 0) is 31.5 Å². The first-order valence-corrected chi connectivity index (χ1v) is 6.96. The Hall–Kier alpha value is -2.14. The number of aryl methyl sites for hydroxylation is 3. The normalized spacial score (nSPS) is 13.0. The van der Waals surface area contributed by atoms with Crippen LogP contribution in [0.5, 0.6) is 0 Å². The Morgan fingerprint density at radius 1 is 1.43 bits per heavy atom. The van der Waals surface area contributed by atoms with Crippen molar-refractivity contribution in [2.45, 2.75) is 25.8 Å². The molecular formula is C16H18FN3O. The van der Waals surface area contributed by atoms with Crippen LogP contribution in [-0.2, 0) is 13.5 Å². The summed E-state index contributed by atoms with van der Waals surface area (Å²) in [5, 5.41) is 0.789. The van der Waals surface area contributed by atoms with Gasteiger partial charge >= 0.3 is 0 Å². The Morgan fingerprint density at radius 2 is 2.24 bits per heavy atom. The van der Waals surface area contributed by atoms with Crippen molar-refractivity contribution < 1.29 is 8.81 Å². The Balaban J connectivity index is 1.83. The molecule has 2 aromatic heterocycles. The fraction of sp³-hybridized carbons (Fsp3) is 0.312. The molecule has 0 saturated heterocycles. The third kappa shape index (κ3) is 2.56. The molecule has 110 valence electrons. The second kappa shape index (κ2) is 5.33. The third-order valence-electron chi connectivity index (χ3n) is 3.87. The van der Waals surface area contributed by atoms with Gasteiger partial charge in [0.25, 0.3) is 0 Å². The summed E-state index contributed by atoms with van der Waals surface area (Å²) in [7, 11) is 1.96. The molecule has 1 aromatic carbocycles. The van der Waals surface area contributed by atoms with Gasteiger partial charge in [0, 0.05) is 36.8 Å². The Morgan fingerprint density at radius 3 is 2.95 bits per heavy atom. The maximum atomic E-state index is 13.3. The van der Waals surface area contributed by atoms with Crippen LogP contribution in [-0.4, -0.2) is 9.55 Å². The highest BCUT2D eigenvalue weighted by atomic mass is 19.1. The lowest BCUT2D eigenvalue weighted by atomic mass is 10.0. The highest BCUT2D eigenvalue weighted by molar-refractivity contribution is 5.82. The molecule has 21 heavy (non-hydrogen) atoms. The minimum absolute atomic E-state index is 0.225. The van der Waals surface area contributed by atoms with Crippen LogP contribution < -0.4 is 5.73 Å². The zero-order chi connectivity index (χ0) is 15.0. The quantitative estimate of drug-likeness (QED) is 0.801. The summed E-state index contributed by atoms with van der Waals surface area (Å²) < 4.78 is 21.1. The molecule has 0 aliphatic carbocycles. The molecule has 0 bridgehead atoms. The number of benzene rings is 1. The number of furan rings is 1. The van der Waals surface area contributed by atoms with Gasteiger partial charge in [0.15, 0.2) is 0 Å². The van der Waals surface area contributed by atoms with Crippen molar-refractivity contribution in [1.29, 1.82) is 0 Å². The van der Waals surface area contributed by atoms with Gasteiger partial charge in [0.05, 0.1) is 6.04 Å². The van der Waals surface area contributed by atoms with Crippen molar-refractivity contribution in [2.24, 2.45) is 12.8 Å². The Kier molecular flexibility index (Phi) is 3.51. The van der Waals surface area contributed by atoms with Gasteiger partial charge in [0.2, 0.25) is 0 Å². The third-order valence-corrected chi connectivity index (χ3v) is 3.87. The average Bonchev–Trinajstić information content (AvgIpc) is 3.01. The standard InChI is InChI=1S/C16H18FN3O/c1-10-12-9-11(17)3-5-14(12)21-16(10)13(18)4-6-15-19-7-8-20(15)2/h3,5,7-9,13H,4,6,18H2,1-2H3. The monoisotopic (exact) mass is 287 g/mol. The molecule has 2 heterocycles. The lowest BCUT2D eigenvalue weighted by Crippen LogP contribution is -2.12. The number of aromatic nitrogens is 2. The summed E-state index contributed by atoms with van der Waals surface area (Å²) in [6, 6.07) is 4.31. The van der Waals surface area contributed by atoms with Gasteiger partial charge in [-0.25, -0.2) is 9.37 Å². The summed E-state index contributed by atoms with van der Waals surface area (Å²) in [6.07, 6.45) is 5.19. The summed E-state index contributed by atoms with van der Waals surface area (Å²) in [5.74, 6) is 1.45. The predicted octanol–water partition coefficient (Wildman–Crippen LogP) is 3.25. The van der Waals surface area contributed by atoms with Crippen LogP contribution in [0.4, 0.5) is 4.39 Å². The number of halogens is 1. The fourth-order valence-corrected chi connectivity index (χ4v) is 2.62. The molecule has 5 heteroatoms. The molecule has 4 nitrogen and oxygen atoms in total. The van der Waals surface area contributed by atoms with Crippen molar-refractivity contribution in [3.63, 3.8) is 0 Å². The lowest BCUT2D eigenvalue weighted by molar-refractivity contribution is 0.470. The number of fused-ring (bicyclic) bond motifs is 1. The number of rotatable bonds is 4. The smallest absolute Gasteiger partial charge is 0.134 e. The molecule has 0 aliphatic rings. The van der Waals surface area contributed by atoms with Crippen molar-refractivity contribution >= 4 is 11.0 Å². The molecule has 3 rings (SSSR count). The zero-order valence-corrected chi connectivity index (χ0v) is 12.1. The summed E-state index contributed by atoms with van der Waals surface area (Å²) >= 11 is 0. The van der Waals surface area contributed by atoms with E-state index >= 15 is 0 Å². The van der Waals surface area contributed by atoms with E-state index in [1.165, 1.54) is 12.1 Å². The van der Waals surface area contributed by atoms with Gasteiger partial charge in [-0.1, -0.05) is 0 Å². The van der Waals surface area contributed by atoms with Crippen LogP contribution in [0.3, 0.4) is 0 Å². The van der Waals surface area contributed by atoms with E-state index in [0.29, 0.717) is 5.58 Å². The van der Waals surface area contributed by atoms with Crippen molar-refractivity contribution in [3.05, 3.63) is 53.6 Å². The largest absolute Gasteiger partial charge is 0.459 e. The molecule has 0 spiro atoms. The maximum absolute atomic E-state index is 13.3. The van der Waals surface area contributed by atoms with Crippen molar-refractivity contribution in [3.8, 4) is 0 Å². The molecule has 1 unspecified atom stereocenters. The minimum Gasteiger partial charge on any atom is -0.459 e. The van der Waals surface area contributed by atoms with E-state index < -0.39 is 0 Å². The Labute approximate surface area is 122 Å². The highest BCUT2D eigenvalue weighted by Gasteiger charge is 2.18. The van der Waals surface area contributed by atoms with Crippen LogP contribution >= 0.6 is 0 Å². The van der Waals surface area contributed by atoms with Crippen molar-refractivity contribution in [2.75, 3.05) is 0 Å². The average molecular weight is 287 g/mol. The summed E-state index contributed by atoms with van der Waals surface area (Å²) in [4.78, 5) is 4.29. The van der Waals surface area contributed by atoms with E-state index in [1.54, 1.807) is 12.3 Å². The first-order chi connectivity index (χ1) is 10.1. The second-order valence-electron chi connectivity index (χ2n) is 5.33. The number of hydrogen-bond donors (Lipinski definition) is 1. The predicted molar refractivity (Wildman–Crippen MR) is 79.4 cm³/mol. The van der Waals surface area contributed by atoms with Crippen LogP contribution in [0.25, 0.3) is 11.0 Å². The SMILES string of the molecule is Cc1c(C(N)CCc2nccn2C)oc2ccc(F)cc12. The van der Waals surface area contributed by atoms with Crippen LogP contribution in [0.15, 0.2) is 35.0 Å². The van der Waals surface area contributed by atoms with Crippen LogP contribution in [0.2, 0.25) is 0 Å². The highest BCUT2D eigenvalue weighted by Crippen LogP contribution is 2.30. The van der Waals surface area contributed by atoms with Gasteiger partial charge in [-0.15, -0.1) is 0 Å². The van der Waals surface area contributed by atoms with Crippen LogP contribution in [0, 0.1) is 12.7 Å². The van der Waals surface area contributed by atoms with Crippen molar-refractivity contribution in [1.82, 2.24) is 9.55 Å². The number of nitrogens with zero attached hydrogens (tertiary/aromatic N) is 2. The molecule has 0 saturated carbocycles. The topological polar surface area (TPSA) is 57.0 Å². The molecule has 3 aromatic rings. The van der Waals surface area contributed by atoms with E-state index in [-0.39, 0.29) is 11.9 Å². The van der Waals surface area contributed by atoms with Gasteiger partial charge < -0.3 is 14.7 Å². The second-order valence-corrected chi connectivity index (χ2v) is 5.33. The van der Waals surface area contributed by atoms with Gasteiger partial charge in [0.1, 0.15) is 23.0 Å². The maximum Gasteiger partial charge on any atom is 0.134 e. The summed E-state index contributed by atoms with van der Waals surface area (Å²) in [5.41, 5.74) is 7.83. The number of imidazole rings is 1. The molecule has 1 atom stereocenters. The zero-order valence-electron chi connectivity index (χ0n) is 12.1. The van der Waals surface area contributed by atoms with Gasteiger partial charge in [-0.2, -0.15) is 0 Å². The molecule has 0 aliphatic heterocycles. The van der Waals surface area contributed by atoms with E-state index in [2.05, 4.69) is 4.98 Å². The molecule has 0 fully saturated rings. The van der Waals surface area contributed by atoms with Gasteiger partial charge in [-0.3, -0.25) is 0 Å². The van der Waals surface area contributed by atoms with E-state index in [4.69, 9.17) is 10.2 Å². The van der Waals surface area contributed by atoms with E-state index in [1.807, 2.05) is 24.7 Å². The van der Waals surface area contributed by atoms with E-state index in [0.717, 1.165) is 35.4 Å². The minimum atomic E-state index is -0.264. The Bertz CT molecular complexity index is 775. The van der Waals surface area contributed by atoms with E-state index in [9.17, 15) is 4.39 Å². The summed E-state index contributed by atoms with van der Waals surface area (Å²) in [6.45, 7) is 1.92. The lowest BCUT2D eigenvalue weighted by Gasteiger charge is -2.09. The van der Waals surface area contributed by atoms with Crippen LogP contribution in [0.1, 0.15) is 29.6 Å². The molecular weight excluding hydrogens is 269 g/mol. The molecule has 0 radical (unpaired) electrons. The molecule has 0 amide bonds. The first kappa shape index (κ1) is 13.8.